The number of hydrogen-bond donors (Lipinski definition) is 0. The van der Waals surface area contributed by atoms with Crippen LogP contribution in [-0.4, -0.2) is 54.9 Å². The molecular weight excluding hydrogens is 273 g/mol. The Morgan fingerprint density at radius 1 is 1.22 bits per heavy atom. The monoisotopic (exact) mass is 289 g/mol. The van der Waals surface area contributed by atoms with E-state index in [9.17, 15) is 4.79 Å². The smallest absolute Gasteiger partial charge is 0.256 e. The summed E-state index contributed by atoms with van der Waals surface area (Å²) in [5.41, 5.74) is 0.383. The predicted molar refractivity (Wildman–Crippen MR) is 74.4 cm³/mol. The number of halogens is 2. The topological polar surface area (TPSA) is 36.4 Å². The molecule has 0 N–H and O–H groups in total. The highest BCUT2D eigenvalue weighted by atomic mass is 35.5. The van der Waals surface area contributed by atoms with Gasteiger partial charge >= 0.3 is 0 Å². The number of carbonyl (C=O) groups is 1. The van der Waals surface area contributed by atoms with Crippen molar-refractivity contribution in [1.82, 2.24) is 14.8 Å². The second-order valence-corrected chi connectivity index (χ2v) is 5.10. The van der Waals surface area contributed by atoms with Crippen LogP contribution in [0.3, 0.4) is 0 Å². The van der Waals surface area contributed by atoms with Gasteiger partial charge in [-0.3, -0.25) is 4.79 Å². The van der Waals surface area contributed by atoms with Crippen LogP contribution in [0.15, 0.2) is 12.1 Å². The summed E-state index contributed by atoms with van der Waals surface area (Å²) in [7, 11) is 5.76. The molecule has 1 rings (SSSR count). The van der Waals surface area contributed by atoms with Gasteiger partial charge in [-0.25, -0.2) is 4.98 Å². The molecule has 0 bridgehead atoms. The number of rotatable bonds is 5. The molecular formula is C12H17Cl2N3O. The first-order chi connectivity index (χ1) is 8.41. The number of carbonyl (C=O) groups excluding carboxylic acids is 1. The highest BCUT2D eigenvalue weighted by Gasteiger charge is 2.15. The summed E-state index contributed by atoms with van der Waals surface area (Å²) in [6, 6.07) is 3.16. The van der Waals surface area contributed by atoms with E-state index in [1.54, 1.807) is 24.1 Å². The number of aromatic nitrogens is 1. The second kappa shape index (κ2) is 6.92. The highest BCUT2D eigenvalue weighted by molar-refractivity contribution is 6.34. The summed E-state index contributed by atoms with van der Waals surface area (Å²) < 4.78 is 0. The van der Waals surface area contributed by atoms with Crippen LogP contribution in [0.4, 0.5) is 0 Å². The number of pyridine rings is 1. The van der Waals surface area contributed by atoms with Gasteiger partial charge in [-0.15, -0.1) is 0 Å². The predicted octanol–water partition coefficient (Wildman–Crippen LogP) is 2.41. The van der Waals surface area contributed by atoms with E-state index in [-0.39, 0.29) is 16.2 Å². The maximum Gasteiger partial charge on any atom is 0.256 e. The minimum Gasteiger partial charge on any atom is -0.342 e. The lowest BCUT2D eigenvalue weighted by Crippen LogP contribution is -2.30. The zero-order chi connectivity index (χ0) is 13.7. The molecule has 1 aromatic rings. The average molecular weight is 290 g/mol. The van der Waals surface area contributed by atoms with Crippen LogP contribution >= 0.6 is 23.2 Å². The molecule has 0 saturated heterocycles. The Bertz CT molecular complexity index is 424. The normalized spacial score (nSPS) is 10.8. The third kappa shape index (κ3) is 4.44. The van der Waals surface area contributed by atoms with Crippen LogP contribution in [0.25, 0.3) is 0 Å². The van der Waals surface area contributed by atoms with Crippen LogP contribution in [0.1, 0.15) is 16.8 Å². The van der Waals surface area contributed by atoms with Crippen molar-refractivity contribution in [1.29, 1.82) is 0 Å². The van der Waals surface area contributed by atoms with Gasteiger partial charge in [0, 0.05) is 13.6 Å². The summed E-state index contributed by atoms with van der Waals surface area (Å²) in [6.45, 7) is 1.61. The Kier molecular flexibility index (Phi) is 5.85. The molecule has 0 radical (unpaired) electrons. The molecule has 1 amide bonds. The van der Waals surface area contributed by atoms with E-state index in [1.807, 2.05) is 14.1 Å². The van der Waals surface area contributed by atoms with Crippen LogP contribution in [0.5, 0.6) is 0 Å². The second-order valence-electron chi connectivity index (χ2n) is 4.36. The minimum absolute atomic E-state index is 0.136. The molecule has 1 heterocycles. The summed E-state index contributed by atoms with van der Waals surface area (Å²) in [5, 5.41) is 0.429. The van der Waals surface area contributed by atoms with E-state index in [0.717, 1.165) is 13.0 Å². The lowest BCUT2D eigenvalue weighted by Gasteiger charge is -2.19. The third-order valence-corrected chi connectivity index (χ3v) is 2.99. The number of nitrogens with zero attached hydrogens (tertiary/aromatic N) is 3. The van der Waals surface area contributed by atoms with Gasteiger partial charge < -0.3 is 9.80 Å². The fraction of sp³-hybridized carbons (Fsp3) is 0.500. The van der Waals surface area contributed by atoms with Gasteiger partial charge in [0.25, 0.3) is 5.91 Å². The summed E-state index contributed by atoms with van der Waals surface area (Å²) >= 11 is 11.6. The van der Waals surface area contributed by atoms with Gasteiger partial charge in [0.05, 0.1) is 5.56 Å². The van der Waals surface area contributed by atoms with Gasteiger partial charge in [0.15, 0.2) is 0 Å². The molecule has 0 fully saturated rings. The summed E-state index contributed by atoms with van der Waals surface area (Å²) in [4.78, 5) is 19.7. The van der Waals surface area contributed by atoms with E-state index in [1.165, 1.54) is 0 Å². The molecule has 0 unspecified atom stereocenters. The van der Waals surface area contributed by atoms with Crippen LogP contribution < -0.4 is 0 Å². The molecule has 1 aromatic heterocycles. The SMILES string of the molecule is CN(C)CCCN(C)C(=O)c1ccc(Cl)nc1Cl. The number of hydrogen-bond acceptors (Lipinski definition) is 3. The maximum atomic E-state index is 12.1. The minimum atomic E-state index is -0.136. The Balaban J connectivity index is 2.63. The van der Waals surface area contributed by atoms with Gasteiger partial charge in [0.1, 0.15) is 10.3 Å². The lowest BCUT2D eigenvalue weighted by atomic mass is 10.2. The van der Waals surface area contributed by atoms with Gasteiger partial charge in [-0.2, -0.15) is 0 Å². The van der Waals surface area contributed by atoms with E-state index >= 15 is 0 Å². The molecule has 6 heteroatoms. The van der Waals surface area contributed by atoms with E-state index in [0.29, 0.717) is 12.1 Å². The molecule has 0 aliphatic heterocycles. The van der Waals surface area contributed by atoms with Crippen molar-refractivity contribution in [3.63, 3.8) is 0 Å². The first kappa shape index (κ1) is 15.2. The largest absolute Gasteiger partial charge is 0.342 e. The Hall–Kier alpha value is -0.840. The molecule has 0 aromatic carbocycles. The molecule has 4 nitrogen and oxygen atoms in total. The quantitative estimate of drug-likeness (QED) is 0.781. The first-order valence-electron chi connectivity index (χ1n) is 5.64. The standard InChI is InChI=1S/C12H17Cl2N3O/c1-16(2)7-4-8-17(3)12(18)9-5-6-10(13)15-11(9)14/h5-6H,4,7-8H2,1-3H3. The van der Waals surface area contributed by atoms with Gasteiger partial charge in [-0.05, 0) is 39.2 Å². The van der Waals surface area contributed by atoms with Gasteiger partial charge in [0.2, 0.25) is 0 Å². The van der Waals surface area contributed by atoms with Crippen molar-refractivity contribution in [2.75, 3.05) is 34.2 Å². The molecule has 0 saturated carbocycles. The first-order valence-corrected chi connectivity index (χ1v) is 6.39. The van der Waals surface area contributed by atoms with Crippen LogP contribution in [0.2, 0.25) is 10.3 Å². The maximum absolute atomic E-state index is 12.1. The summed E-state index contributed by atoms with van der Waals surface area (Å²) in [5.74, 6) is -0.136. The molecule has 0 aliphatic carbocycles. The lowest BCUT2D eigenvalue weighted by molar-refractivity contribution is 0.0790. The number of amides is 1. The zero-order valence-corrected chi connectivity index (χ0v) is 12.3. The fourth-order valence-electron chi connectivity index (χ4n) is 1.50. The Morgan fingerprint density at radius 2 is 1.89 bits per heavy atom. The summed E-state index contributed by atoms with van der Waals surface area (Å²) in [6.07, 6.45) is 0.911. The Morgan fingerprint density at radius 3 is 2.44 bits per heavy atom. The van der Waals surface area contributed by atoms with Crippen molar-refractivity contribution in [2.24, 2.45) is 0 Å². The molecule has 0 atom stereocenters. The van der Waals surface area contributed by atoms with Crippen LogP contribution in [-0.2, 0) is 0 Å². The van der Waals surface area contributed by atoms with Crippen molar-refractivity contribution in [3.8, 4) is 0 Å². The van der Waals surface area contributed by atoms with Crippen molar-refractivity contribution in [2.45, 2.75) is 6.42 Å². The van der Waals surface area contributed by atoms with Crippen molar-refractivity contribution in [3.05, 3.63) is 28.0 Å². The average Bonchev–Trinajstić information content (AvgIpc) is 2.27. The van der Waals surface area contributed by atoms with E-state index < -0.39 is 0 Å². The Labute approximate surface area is 117 Å². The molecule has 0 spiro atoms. The zero-order valence-electron chi connectivity index (χ0n) is 10.8. The van der Waals surface area contributed by atoms with E-state index in [2.05, 4.69) is 9.88 Å². The fourth-order valence-corrected chi connectivity index (χ4v) is 1.93. The van der Waals surface area contributed by atoms with Crippen molar-refractivity contribution < 1.29 is 4.79 Å². The molecule has 100 valence electrons. The van der Waals surface area contributed by atoms with Crippen LogP contribution in [0, 0.1) is 0 Å². The van der Waals surface area contributed by atoms with E-state index in [4.69, 9.17) is 23.2 Å². The van der Waals surface area contributed by atoms with Crippen molar-refractivity contribution >= 4 is 29.1 Å². The van der Waals surface area contributed by atoms with Gasteiger partial charge in [-0.1, -0.05) is 23.2 Å². The third-order valence-electron chi connectivity index (χ3n) is 2.49. The highest BCUT2D eigenvalue weighted by Crippen LogP contribution is 2.18. The molecule has 0 aliphatic rings. The molecule has 18 heavy (non-hydrogen) atoms.